The van der Waals surface area contributed by atoms with Gasteiger partial charge in [0, 0.05) is 12.2 Å². The molecule has 4 N–H and O–H groups in total. The molecule has 7 nitrogen and oxygen atoms in total. The van der Waals surface area contributed by atoms with E-state index in [1.807, 2.05) is 0 Å². The third kappa shape index (κ3) is 7.00. The van der Waals surface area contributed by atoms with E-state index in [4.69, 9.17) is 25.2 Å². The molecule has 7 heteroatoms. The van der Waals surface area contributed by atoms with Crippen LogP contribution in [0.5, 0.6) is 0 Å². The highest BCUT2D eigenvalue weighted by atomic mass is 16.5. The van der Waals surface area contributed by atoms with Gasteiger partial charge >= 0.3 is 11.9 Å². The summed E-state index contributed by atoms with van der Waals surface area (Å²) < 4.78 is 4.99. The lowest BCUT2D eigenvalue weighted by Gasteiger charge is -2.10. The molecule has 18 heavy (non-hydrogen) atoms. The second-order valence-corrected chi connectivity index (χ2v) is 3.52. The summed E-state index contributed by atoms with van der Waals surface area (Å²) in [6.07, 6.45) is -0.280. The van der Waals surface area contributed by atoms with Gasteiger partial charge in [-0.1, -0.05) is 5.57 Å². The standard InChI is InChI=1S/C11H18O7/c12-3-1-8(2-5-18-6-4-13)9(11(16)17)7-10(14)15/h12-13H,1-7H2,(H,14,15)(H,16,17). The van der Waals surface area contributed by atoms with Gasteiger partial charge in [-0.15, -0.1) is 0 Å². The summed E-state index contributed by atoms with van der Waals surface area (Å²) in [5.41, 5.74) is 0.134. The van der Waals surface area contributed by atoms with E-state index in [0.717, 1.165) is 0 Å². The van der Waals surface area contributed by atoms with Crippen LogP contribution in [0.4, 0.5) is 0 Å². The first-order chi connectivity index (χ1) is 8.52. The number of rotatable bonds is 10. The number of ether oxygens (including phenoxy) is 1. The lowest BCUT2D eigenvalue weighted by Crippen LogP contribution is -2.12. The fraction of sp³-hybridized carbons (Fsp3) is 0.636. The summed E-state index contributed by atoms with van der Waals surface area (Å²) >= 11 is 0. The zero-order valence-electron chi connectivity index (χ0n) is 9.96. The summed E-state index contributed by atoms with van der Waals surface area (Å²) in [4.78, 5) is 21.5. The second kappa shape index (κ2) is 9.58. The van der Waals surface area contributed by atoms with Crippen molar-refractivity contribution in [3.05, 3.63) is 11.1 Å². The van der Waals surface area contributed by atoms with E-state index >= 15 is 0 Å². The molecule has 0 aliphatic carbocycles. The van der Waals surface area contributed by atoms with Crippen LogP contribution in [0, 0.1) is 0 Å². The molecule has 0 atom stereocenters. The second-order valence-electron chi connectivity index (χ2n) is 3.52. The largest absolute Gasteiger partial charge is 0.481 e. The predicted octanol–water partition coefficient (Wildman–Crippen LogP) is -0.376. The van der Waals surface area contributed by atoms with Gasteiger partial charge < -0.3 is 25.2 Å². The molecule has 0 rings (SSSR count). The van der Waals surface area contributed by atoms with Gasteiger partial charge in [0.05, 0.1) is 26.2 Å². The monoisotopic (exact) mass is 262 g/mol. The Morgan fingerprint density at radius 2 is 1.61 bits per heavy atom. The van der Waals surface area contributed by atoms with E-state index in [2.05, 4.69) is 0 Å². The summed E-state index contributed by atoms with van der Waals surface area (Å²) in [6.45, 7) is -0.0915. The Morgan fingerprint density at radius 3 is 2.06 bits per heavy atom. The molecule has 0 aromatic rings. The Hall–Kier alpha value is -1.44. The van der Waals surface area contributed by atoms with E-state index in [-0.39, 0.29) is 44.8 Å². The third-order valence-electron chi connectivity index (χ3n) is 2.21. The van der Waals surface area contributed by atoms with Gasteiger partial charge in [-0.25, -0.2) is 4.79 Å². The summed E-state index contributed by atoms with van der Waals surface area (Å²) in [7, 11) is 0. The van der Waals surface area contributed by atoms with E-state index in [9.17, 15) is 9.59 Å². The summed E-state index contributed by atoms with van der Waals surface area (Å²) in [6, 6.07) is 0. The predicted molar refractivity (Wildman–Crippen MR) is 61.1 cm³/mol. The highest BCUT2D eigenvalue weighted by Gasteiger charge is 2.17. The quantitative estimate of drug-likeness (QED) is 0.312. The topological polar surface area (TPSA) is 124 Å². The number of hydrogen-bond donors (Lipinski definition) is 4. The molecule has 0 spiro atoms. The highest BCUT2D eigenvalue weighted by molar-refractivity contribution is 5.92. The van der Waals surface area contributed by atoms with Gasteiger partial charge in [0.15, 0.2) is 0 Å². The first kappa shape index (κ1) is 16.6. The molecule has 0 bridgehead atoms. The number of carboxylic acid groups (broad SMARTS) is 2. The fourth-order valence-corrected chi connectivity index (χ4v) is 1.43. The maximum atomic E-state index is 11.0. The van der Waals surface area contributed by atoms with Gasteiger partial charge in [0.1, 0.15) is 0 Å². The van der Waals surface area contributed by atoms with Crippen molar-refractivity contribution in [1.82, 2.24) is 0 Å². The minimum atomic E-state index is -1.30. The molecule has 0 saturated heterocycles. The normalized spacial score (nSPS) is 12.1. The average molecular weight is 262 g/mol. The molecule has 0 saturated carbocycles. The zero-order chi connectivity index (χ0) is 14.0. The number of aliphatic carboxylic acids is 2. The molecule has 0 aromatic heterocycles. The maximum Gasteiger partial charge on any atom is 0.332 e. The molecule has 0 aromatic carbocycles. The molecule has 0 heterocycles. The van der Waals surface area contributed by atoms with Crippen molar-refractivity contribution < 1.29 is 34.8 Å². The van der Waals surface area contributed by atoms with Gasteiger partial charge in [-0.3, -0.25) is 4.79 Å². The Balaban J connectivity index is 4.73. The molecule has 0 aliphatic rings. The molecule has 104 valence electrons. The van der Waals surface area contributed by atoms with Crippen molar-refractivity contribution >= 4 is 11.9 Å². The van der Waals surface area contributed by atoms with Crippen molar-refractivity contribution in [2.24, 2.45) is 0 Å². The SMILES string of the molecule is O=C(O)CC(C(=O)O)=C(CCO)CCOCCO. The molecular formula is C11H18O7. The fourth-order valence-electron chi connectivity index (χ4n) is 1.43. The average Bonchev–Trinajstić information content (AvgIpc) is 2.30. The molecule has 0 unspecified atom stereocenters. The van der Waals surface area contributed by atoms with Crippen LogP contribution in [-0.2, 0) is 14.3 Å². The molecular weight excluding hydrogens is 244 g/mol. The first-order valence-corrected chi connectivity index (χ1v) is 5.48. The summed E-state index contributed by atoms with van der Waals surface area (Å²) in [5.74, 6) is -2.54. The molecule has 0 fully saturated rings. The zero-order valence-corrected chi connectivity index (χ0v) is 9.96. The number of aliphatic hydroxyl groups is 2. The van der Waals surface area contributed by atoms with Crippen LogP contribution < -0.4 is 0 Å². The van der Waals surface area contributed by atoms with Crippen molar-refractivity contribution in [3.8, 4) is 0 Å². The van der Waals surface area contributed by atoms with Crippen molar-refractivity contribution in [1.29, 1.82) is 0 Å². The summed E-state index contributed by atoms with van der Waals surface area (Å²) in [5, 5.41) is 34.9. The molecule has 0 amide bonds. The first-order valence-electron chi connectivity index (χ1n) is 5.48. The molecule has 0 radical (unpaired) electrons. The maximum absolute atomic E-state index is 11.0. The van der Waals surface area contributed by atoms with Gasteiger partial charge in [-0.2, -0.15) is 0 Å². The van der Waals surface area contributed by atoms with Crippen LogP contribution in [0.2, 0.25) is 0 Å². The van der Waals surface area contributed by atoms with Gasteiger partial charge in [-0.05, 0) is 12.8 Å². The number of hydrogen-bond acceptors (Lipinski definition) is 5. The molecule has 0 aliphatic heterocycles. The van der Waals surface area contributed by atoms with Crippen LogP contribution in [-0.4, -0.2) is 58.8 Å². The minimum absolute atomic E-state index is 0.0946. The lowest BCUT2D eigenvalue weighted by atomic mass is 10.00. The van der Waals surface area contributed by atoms with E-state index < -0.39 is 18.4 Å². The number of carbonyl (C=O) groups is 2. The van der Waals surface area contributed by atoms with E-state index in [0.29, 0.717) is 5.57 Å². The third-order valence-corrected chi connectivity index (χ3v) is 2.21. The number of carboxylic acids is 2. The van der Waals surface area contributed by atoms with Crippen LogP contribution >= 0.6 is 0 Å². The Kier molecular flexibility index (Phi) is 8.81. The van der Waals surface area contributed by atoms with Gasteiger partial charge in [0.2, 0.25) is 0 Å². The van der Waals surface area contributed by atoms with E-state index in [1.165, 1.54) is 0 Å². The Morgan fingerprint density at radius 1 is 0.944 bits per heavy atom. The van der Waals surface area contributed by atoms with Crippen molar-refractivity contribution in [2.45, 2.75) is 19.3 Å². The van der Waals surface area contributed by atoms with Crippen molar-refractivity contribution in [2.75, 3.05) is 26.4 Å². The van der Waals surface area contributed by atoms with Crippen LogP contribution in [0.15, 0.2) is 11.1 Å². The minimum Gasteiger partial charge on any atom is -0.481 e. The smallest absolute Gasteiger partial charge is 0.332 e. The van der Waals surface area contributed by atoms with Crippen LogP contribution in [0.3, 0.4) is 0 Å². The van der Waals surface area contributed by atoms with Crippen LogP contribution in [0.25, 0.3) is 0 Å². The highest BCUT2D eigenvalue weighted by Crippen LogP contribution is 2.17. The number of aliphatic hydroxyl groups excluding tert-OH is 2. The van der Waals surface area contributed by atoms with E-state index in [1.54, 1.807) is 0 Å². The van der Waals surface area contributed by atoms with Gasteiger partial charge in [0.25, 0.3) is 0 Å². The van der Waals surface area contributed by atoms with Crippen LogP contribution in [0.1, 0.15) is 19.3 Å². The Labute approximate surface area is 104 Å². The Bertz CT molecular complexity index is 309. The van der Waals surface area contributed by atoms with Crippen molar-refractivity contribution in [3.63, 3.8) is 0 Å². The lowest BCUT2D eigenvalue weighted by molar-refractivity contribution is -0.139.